The van der Waals surface area contributed by atoms with Crippen LogP contribution in [0.3, 0.4) is 0 Å². The second kappa shape index (κ2) is 2.75. The maximum Gasteiger partial charge on any atom is 0.0520 e. The fourth-order valence-electron chi connectivity index (χ4n) is 2.26. The quantitative estimate of drug-likeness (QED) is 0.635. The summed E-state index contributed by atoms with van der Waals surface area (Å²) in [6, 6.07) is 4.33. The van der Waals surface area contributed by atoms with Crippen molar-refractivity contribution in [3.63, 3.8) is 0 Å². The number of aromatic nitrogens is 1. The van der Waals surface area contributed by atoms with Crippen molar-refractivity contribution in [2.45, 2.75) is 13.0 Å². The molecule has 0 amide bonds. The lowest BCUT2D eigenvalue weighted by molar-refractivity contribution is 1.06. The number of nitrogens with two attached hydrogens (primary N) is 1. The van der Waals surface area contributed by atoms with Crippen LogP contribution < -0.4 is 11.1 Å². The monoisotopic (exact) mass is 187 g/mol. The first kappa shape index (κ1) is 7.88. The number of aromatic amines is 1. The highest BCUT2D eigenvalue weighted by Gasteiger charge is 2.15. The van der Waals surface area contributed by atoms with E-state index in [9.17, 15) is 0 Å². The summed E-state index contributed by atoms with van der Waals surface area (Å²) in [6.07, 6.45) is 3.09. The molecule has 0 spiro atoms. The van der Waals surface area contributed by atoms with E-state index in [1.807, 2.05) is 6.20 Å². The molecule has 0 aliphatic carbocycles. The van der Waals surface area contributed by atoms with E-state index in [4.69, 9.17) is 5.73 Å². The molecule has 0 radical (unpaired) electrons. The summed E-state index contributed by atoms with van der Waals surface area (Å²) in [4.78, 5) is 3.25. The lowest BCUT2D eigenvalue weighted by atomic mass is 10.0. The van der Waals surface area contributed by atoms with Gasteiger partial charge in [0.2, 0.25) is 0 Å². The van der Waals surface area contributed by atoms with E-state index in [0.717, 1.165) is 13.0 Å². The van der Waals surface area contributed by atoms with E-state index in [2.05, 4.69) is 22.4 Å². The molecule has 3 rings (SSSR count). The SMILES string of the molecule is NCc1cc2c(c3cc[nH]c13)NCC2. The molecule has 0 fully saturated rings. The van der Waals surface area contributed by atoms with Gasteiger partial charge in [0.25, 0.3) is 0 Å². The third kappa shape index (κ3) is 0.902. The number of H-pyrrole nitrogens is 1. The van der Waals surface area contributed by atoms with Crippen LogP contribution in [-0.2, 0) is 13.0 Å². The normalized spacial score (nSPS) is 14.4. The standard InChI is InChI=1S/C11H13N3/c12-6-8-5-7-1-3-13-10(7)9-2-4-14-11(8)9/h2,4-5,13-14H,1,3,6,12H2. The molecule has 1 aliphatic heterocycles. The largest absolute Gasteiger partial charge is 0.384 e. The molecule has 4 N–H and O–H groups in total. The summed E-state index contributed by atoms with van der Waals surface area (Å²) >= 11 is 0. The minimum atomic E-state index is 0.601. The van der Waals surface area contributed by atoms with Crippen molar-refractivity contribution in [3.8, 4) is 0 Å². The average molecular weight is 187 g/mol. The number of rotatable bonds is 1. The Morgan fingerprint density at radius 3 is 3.21 bits per heavy atom. The predicted octanol–water partition coefficient (Wildman–Crippen LogP) is 1.59. The maximum atomic E-state index is 5.73. The Labute approximate surface area is 82.3 Å². The van der Waals surface area contributed by atoms with E-state index >= 15 is 0 Å². The highest BCUT2D eigenvalue weighted by atomic mass is 14.9. The van der Waals surface area contributed by atoms with E-state index in [1.165, 1.54) is 27.7 Å². The lowest BCUT2D eigenvalue weighted by Crippen LogP contribution is -1.98. The van der Waals surface area contributed by atoms with E-state index in [-0.39, 0.29) is 0 Å². The number of benzene rings is 1. The summed E-state index contributed by atoms with van der Waals surface area (Å²) in [7, 11) is 0. The summed E-state index contributed by atoms with van der Waals surface area (Å²) < 4.78 is 0. The van der Waals surface area contributed by atoms with Crippen LogP contribution in [0.1, 0.15) is 11.1 Å². The van der Waals surface area contributed by atoms with Crippen LogP contribution in [0.4, 0.5) is 5.69 Å². The van der Waals surface area contributed by atoms with Crippen molar-refractivity contribution in [2.75, 3.05) is 11.9 Å². The van der Waals surface area contributed by atoms with Crippen molar-refractivity contribution in [3.05, 3.63) is 29.5 Å². The first-order chi connectivity index (χ1) is 6.90. The number of hydrogen-bond donors (Lipinski definition) is 3. The lowest BCUT2D eigenvalue weighted by Gasteiger charge is -2.06. The molecule has 1 aromatic carbocycles. The minimum absolute atomic E-state index is 0.601. The molecule has 2 aromatic rings. The van der Waals surface area contributed by atoms with Crippen molar-refractivity contribution in [2.24, 2.45) is 5.73 Å². The van der Waals surface area contributed by atoms with Gasteiger partial charge in [-0.1, -0.05) is 6.07 Å². The molecule has 14 heavy (non-hydrogen) atoms. The second-order valence-corrected chi connectivity index (χ2v) is 3.72. The van der Waals surface area contributed by atoms with Crippen LogP contribution in [0.2, 0.25) is 0 Å². The first-order valence-electron chi connectivity index (χ1n) is 4.96. The van der Waals surface area contributed by atoms with Gasteiger partial charge in [-0.2, -0.15) is 0 Å². The molecule has 0 unspecified atom stereocenters. The van der Waals surface area contributed by atoms with Gasteiger partial charge in [-0.05, 0) is 23.6 Å². The van der Waals surface area contributed by atoms with Gasteiger partial charge in [-0.25, -0.2) is 0 Å². The highest BCUT2D eigenvalue weighted by molar-refractivity contribution is 5.96. The highest BCUT2D eigenvalue weighted by Crippen LogP contribution is 2.33. The van der Waals surface area contributed by atoms with Gasteiger partial charge >= 0.3 is 0 Å². The Kier molecular flexibility index (Phi) is 1.55. The summed E-state index contributed by atoms with van der Waals surface area (Å²) in [6.45, 7) is 1.65. The Morgan fingerprint density at radius 2 is 2.36 bits per heavy atom. The molecule has 0 saturated carbocycles. The molecule has 2 heterocycles. The van der Waals surface area contributed by atoms with Gasteiger partial charge in [-0.15, -0.1) is 0 Å². The minimum Gasteiger partial charge on any atom is -0.384 e. The molecule has 3 heteroatoms. The molecular weight excluding hydrogens is 174 g/mol. The summed E-state index contributed by atoms with van der Waals surface area (Å²) in [5.41, 5.74) is 10.8. The molecular formula is C11H13N3. The van der Waals surface area contributed by atoms with Crippen LogP contribution in [0.5, 0.6) is 0 Å². The molecule has 0 saturated heterocycles. The number of hydrogen-bond acceptors (Lipinski definition) is 2. The molecule has 3 nitrogen and oxygen atoms in total. The Morgan fingerprint density at radius 1 is 1.43 bits per heavy atom. The molecule has 72 valence electrons. The van der Waals surface area contributed by atoms with Crippen molar-refractivity contribution in [1.82, 2.24) is 4.98 Å². The van der Waals surface area contributed by atoms with E-state index in [0.29, 0.717) is 6.54 Å². The fraction of sp³-hybridized carbons (Fsp3) is 0.273. The Hall–Kier alpha value is -1.48. The number of fused-ring (bicyclic) bond motifs is 3. The zero-order chi connectivity index (χ0) is 9.54. The number of nitrogens with one attached hydrogen (secondary N) is 2. The van der Waals surface area contributed by atoms with Gasteiger partial charge in [0.15, 0.2) is 0 Å². The van der Waals surface area contributed by atoms with Crippen molar-refractivity contribution < 1.29 is 0 Å². The smallest absolute Gasteiger partial charge is 0.0520 e. The maximum absolute atomic E-state index is 5.73. The van der Waals surface area contributed by atoms with Crippen LogP contribution in [-0.4, -0.2) is 11.5 Å². The Bertz CT molecular complexity index is 484. The van der Waals surface area contributed by atoms with E-state index < -0.39 is 0 Å². The van der Waals surface area contributed by atoms with Gasteiger partial charge < -0.3 is 16.0 Å². The van der Waals surface area contributed by atoms with Crippen LogP contribution in [0.15, 0.2) is 18.3 Å². The molecule has 0 bridgehead atoms. The van der Waals surface area contributed by atoms with Gasteiger partial charge in [-0.3, -0.25) is 0 Å². The zero-order valence-electron chi connectivity index (χ0n) is 7.93. The third-order valence-electron chi connectivity index (χ3n) is 2.92. The van der Waals surface area contributed by atoms with Crippen LogP contribution in [0, 0.1) is 0 Å². The summed E-state index contributed by atoms with van der Waals surface area (Å²) in [5.74, 6) is 0. The molecule has 1 aliphatic rings. The number of anilines is 1. The van der Waals surface area contributed by atoms with Gasteiger partial charge in [0, 0.05) is 30.4 Å². The molecule has 0 atom stereocenters. The Balaban J connectivity index is 2.40. The van der Waals surface area contributed by atoms with Gasteiger partial charge in [0.1, 0.15) is 0 Å². The zero-order valence-corrected chi connectivity index (χ0v) is 7.93. The second-order valence-electron chi connectivity index (χ2n) is 3.72. The first-order valence-corrected chi connectivity index (χ1v) is 4.96. The third-order valence-corrected chi connectivity index (χ3v) is 2.92. The average Bonchev–Trinajstić information content (AvgIpc) is 2.83. The topological polar surface area (TPSA) is 53.8 Å². The van der Waals surface area contributed by atoms with Crippen molar-refractivity contribution >= 4 is 16.6 Å². The van der Waals surface area contributed by atoms with Gasteiger partial charge in [0.05, 0.1) is 5.52 Å². The fourth-order valence-corrected chi connectivity index (χ4v) is 2.26. The van der Waals surface area contributed by atoms with Crippen LogP contribution in [0.25, 0.3) is 10.9 Å². The summed E-state index contributed by atoms with van der Waals surface area (Å²) in [5, 5.41) is 4.70. The van der Waals surface area contributed by atoms with Crippen molar-refractivity contribution in [1.29, 1.82) is 0 Å². The molecule has 1 aromatic heterocycles. The predicted molar refractivity (Wildman–Crippen MR) is 58.4 cm³/mol. The van der Waals surface area contributed by atoms with Crippen LogP contribution >= 0.6 is 0 Å². The van der Waals surface area contributed by atoms with E-state index in [1.54, 1.807) is 0 Å².